The van der Waals surface area contributed by atoms with Gasteiger partial charge in [-0.05, 0) is 25.5 Å². The van der Waals surface area contributed by atoms with Gasteiger partial charge in [-0.1, -0.05) is 34.1 Å². The van der Waals surface area contributed by atoms with Gasteiger partial charge in [0.2, 0.25) is 0 Å². The predicted molar refractivity (Wildman–Crippen MR) is 77.2 cm³/mol. The zero-order chi connectivity index (χ0) is 13.0. The van der Waals surface area contributed by atoms with Crippen LogP contribution in [0.15, 0.2) is 30.3 Å². The number of carbonyl (C=O) groups is 1. The number of rotatable bonds is 4. The Morgan fingerprint density at radius 3 is 2.94 bits per heavy atom. The van der Waals surface area contributed by atoms with Crippen LogP contribution in [0.5, 0.6) is 0 Å². The van der Waals surface area contributed by atoms with E-state index in [1.165, 1.54) is 0 Å². The number of pyridine rings is 1. The third-order valence-corrected chi connectivity index (χ3v) is 3.25. The van der Waals surface area contributed by atoms with E-state index in [-0.39, 0.29) is 5.91 Å². The zero-order valence-corrected chi connectivity index (χ0v) is 11.8. The Labute approximate surface area is 115 Å². The number of aryl methyl sites for hydroxylation is 1. The van der Waals surface area contributed by atoms with Crippen LogP contribution >= 0.6 is 15.9 Å². The van der Waals surface area contributed by atoms with Crippen LogP contribution in [0.4, 0.5) is 0 Å². The topological polar surface area (TPSA) is 42.0 Å². The van der Waals surface area contributed by atoms with Crippen molar-refractivity contribution in [1.82, 2.24) is 10.3 Å². The minimum atomic E-state index is -0.0300. The molecule has 94 valence electrons. The summed E-state index contributed by atoms with van der Waals surface area (Å²) in [5.74, 6) is -0.0300. The molecule has 0 spiro atoms. The fraction of sp³-hybridized carbons (Fsp3) is 0.286. The number of hydrogen-bond donors (Lipinski definition) is 1. The highest BCUT2D eigenvalue weighted by Crippen LogP contribution is 2.17. The largest absolute Gasteiger partial charge is 0.352 e. The van der Waals surface area contributed by atoms with Gasteiger partial charge in [0.15, 0.2) is 0 Å². The molecule has 3 nitrogen and oxygen atoms in total. The minimum absolute atomic E-state index is 0.0300. The molecule has 0 fully saturated rings. The number of nitrogens with zero attached hydrogens (tertiary/aromatic N) is 1. The molecule has 0 atom stereocenters. The summed E-state index contributed by atoms with van der Waals surface area (Å²) in [6, 6.07) is 9.56. The van der Waals surface area contributed by atoms with Crippen LogP contribution < -0.4 is 5.32 Å². The van der Waals surface area contributed by atoms with E-state index in [0.717, 1.165) is 28.3 Å². The van der Waals surface area contributed by atoms with E-state index in [1.54, 1.807) is 0 Å². The lowest BCUT2D eigenvalue weighted by atomic mass is 10.1. The molecule has 2 rings (SSSR count). The number of benzene rings is 1. The standard InChI is InChI=1S/C14H15BrN2O/c1-10-9-12(14(18)16-8-4-7-15)11-5-2-3-6-13(11)17-10/h2-3,5-6,9H,4,7-8H2,1H3,(H,16,18). The van der Waals surface area contributed by atoms with Gasteiger partial charge in [0, 0.05) is 23.0 Å². The number of fused-ring (bicyclic) bond motifs is 1. The van der Waals surface area contributed by atoms with E-state index in [4.69, 9.17) is 0 Å². The first-order valence-corrected chi connectivity index (χ1v) is 7.05. The van der Waals surface area contributed by atoms with Gasteiger partial charge in [-0.3, -0.25) is 9.78 Å². The second-order valence-corrected chi connectivity index (χ2v) is 4.92. The molecule has 1 N–H and O–H groups in total. The fourth-order valence-corrected chi connectivity index (χ4v) is 2.14. The van der Waals surface area contributed by atoms with Gasteiger partial charge >= 0.3 is 0 Å². The summed E-state index contributed by atoms with van der Waals surface area (Å²) in [7, 11) is 0. The van der Waals surface area contributed by atoms with Crippen LogP contribution in [0.1, 0.15) is 22.5 Å². The molecule has 0 radical (unpaired) electrons. The molecule has 1 amide bonds. The molecule has 0 saturated heterocycles. The number of para-hydroxylation sites is 1. The quantitative estimate of drug-likeness (QED) is 0.697. The summed E-state index contributed by atoms with van der Waals surface area (Å²) in [5.41, 5.74) is 2.43. The number of carbonyl (C=O) groups excluding carboxylic acids is 1. The van der Waals surface area contributed by atoms with E-state index in [9.17, 15) is 4.79 Å². The van der Waals surface area contributed by atoms with Gasteiger partial charge in [0.25, 0.3) is 5.91 Å². The zero-order valence-electron chi connectivity index (χ0n) is 10.2. The monoisotopic (exact) mass is 306 g/mol. The first-order valence-electron chi connectivity index (χ1n) is 5.93. The number of amides is 1. The first kappa shape index (κ1) is 13.0. The summed E-state index contributed by atoms with van der Waals surface area (Å²) in [5, 5.41) is 4.72. The maximum atomic E-state index is 12.1. The number of nitrogens with one attached hydrogen (secondary N) is 1. The van der Waals surface area contributed by atoms with Crippen molar-refractivity contribution in [1.29, 1.82) is 0 Å². The van der Waals surface area contributed by atoms with Gasteiger partial charge in [0.1, 0.15) is 0 Å². The number of hydrogen-bond acceptors (Lipinski definition) is 2. The smallest absolute Gasteiger partial charge is 0.252 e. The fourth-order valence-electron chi connectivity index (χ4n) is 1.86. The van der Waals surface area contributed by atoms with E-state index >= 15 is 0 Å². The maximum absolute atomic E-state index is 12.1. The molecule has 2 aromatic rings. The van der Waals surface area contributed by atoms with Crippen molar-refractivity contribution in [3.8, 4) is 0 Å². The summed E-state index contributed by atoms with van der Waals surface area (Å²) < 4.78 is 0. The Balaban J connectivity index is 2.34. The second kappa shape index (κ2) is 5.96. The molecule has 1 aromatic carbocycles. The summed E-state index contributed by atoms with van der Waals surface area (Å²) in [6.07, 6.45) is 0.924. The lowest BCUT2D eigenvalue weighted by Crippen LogP contribution is -2.25. The van der Waals surface area contributed by atoms with Gasteiger partial charge in [0.05, 0.1) is 11.1 Å². The number of aromatic nitrogens is 1. The Bertz CT molecular complexity index is 569. The minimum Gasteiger partial charge on any atom is -0.352 e. The summed E-state index contributed by atoms with van der Waals surface area (Å²) >= 11 is 3.35. The third-order valence-electron chi connectivity index (χ3n) is 2.68. The lowest BCUT2D eigenvalue weighted by Gasteiger charge is -2.08. The van der Waals surface area contributed by atoms with Gasteiger partial charge in [-0.2, -0.15) is 0 Å². The van der Waals surface area contributed by atoms with Crippen molar-refractivity contribution in [2.24, 2.45) is 0 Å². The van der Waals surface area contributed by atoms with E-state index < -0.39 is 0 Å². The average Bonchev–Trinajstić information content (AvgIpc) is 2.38. The highest BCUT2D eigenvalue weighted by molar-refractivity contribution is 9.09. The van der Waals surface area contributed by atoms with Crippen molar-refractivity contribution in [2.45, 2.75) is 13.3 Å². The number of halogens is 1. The van der Waals surface area contributed by atoms with Gasteiger partial charge < -0.3 is 5.32 Å². The van der Waals surface area contributed by atoms with Crippen molar-refractivity contribution in [3.05, 3.63) is 41.6 Å². The normalized spacial score (nSPS) is 10.6. The molecule has 0 aliphatic carbocycles. The van der Waals surface area contributed by atoms with Crippen LogP contribution in [-0.4, -0.2) is 22.8 Å². The SMILES string of the molecule is Cc1cc(C(=O)NCCCBr)c2ccccc2n1. The molecule has 0 aliphatic rings. The van der Waals surface area contributed by atoms with Crippen LogP contribution in [0.2, 0.25) is 0 Å². The second-order valence-electron chi connectivity index (χ2n) is 4.13. The number of alkyl halides is 1. The molecule has 4 heteroatoms. The molecule has 18 heavy (non-hydrogen) atoms. The maximum Gasteiger partial charge on any atom is 0.252 e. The molecule has 0 saturated carbocycles. The molecule has 1 aromatic heterocycles. The Kier molecular flexibility index (Phi) is 4.31. The molecule has 0 aliphatic heterocycles. The molecular weight excluding hydrogens is 292 g/mol. The Hall–Kier alpha value is -1.42. The average molecular weight is 307 g/mol. The van der Waals surface area contributed by atoms with E-state index in [0.29, 0.717) is 12.1 Å². The third kappa shape index (κ3) is 2.88. The van der Waals surface area contributed by atoms with Crippen molar-refractivity contribution in [2.75, 3.05) is 11.9 Å². The lowest BCUT2D eigenvalue weighted by molar-refractivity contribution is 0.0955. The van der Waals surface area contributed by atoms with Crippen molar-refractivity contribution < 1.29 is 4.79 Å². The Morgan fingerprint density at radius 2 is 2.17 bits per heavy atom. The van der Waals surface area contributed by atoms with Crippen molar-refractivity contribution in [3.63, 3.8) is 0 Å². The predicted octanol–water partition coefficient (Wildman–Crippen LogP) is 3.06. The van der Waals surface area contributed by atoms with Crippen LogP contribution in [0.25, 0.3) is 10.9 Å². The van der Waals surface area contributed by atoms with Crippen LogP contribution in [-0.2, 0) is 0 Å². The molecular formula is C14H15BrN2O. The molecule has 0 bridgehead atoms. The van der Waals surface area contributed by atoms with Gasteiger partial charge in [-0.25, -0.2) is 0 Å². The highest BCUT2D eigenvalue weighted by atomic mass is 79.9. The van der Waals surface area contributed by atoms with Crippen molar-refractivity contribution >= 4 is 32.7 Å². The van der Waals surface area contributed by atoms with Gasteiger partial charge in [-0.15, -0.1) is 0 Å². The molecule has 0 unspecified atom stereocenters. The highest BCUT2D eigenvalue weighted by Gasteiger charge is 2.10. The van der Waals surface area contributed by atoms with E-state index in [1.807, 2.05) is 37.3 Å². The molecule has 1 heterocycles. The Morgan fingerprint density at radius 1 is 1.39 bits per heavy atom. The first-order chi connectivity index (χ1) is 8.72. The van der Waals surface area contributed by atoms with Crippen LogP contribution in [0, 0.1) is 6.92 Å². The summed E-state index contributed by atoms with van der Waals surface area (Å²) in [4.78, 5) is 16.6. The van der Waals surface area contributed by atoms with E-state index in [2.05, 4.69) is 26.2 Å². The van der Waals surface area contributed by atoms with Crippen LogP contribution in [0.3, 0.4) is 0 Å². The summed E-state index contributed by atoms with van der Waals surface area (Å²) in [6.45, 7) is 2.58.